The highest BCUT2D eigenvalue weighted by Gasteiger charge is 2.31. The summed E-state index contributed by atoms with van der Waals surface area (Å²) in [5.41, 5.74) is 12.3. The summed E-state index contributed by atoms with van der Waals surface area (Å²) in [6.45, 7) is 1.71. The fraction of sp³-hybridized carbons (Fsp3) is 0.200. The van der Waals surface area contributed by atoms with Crippen molar-refractivity contribution in [1.82, 2.24) is 4.98 Å². The van der Waals surface area contributed by atoms with Crippen molar-refractivity contribution in [2.45, 2.75) is 18.9 Å². The molecule has 4 N–H and O–H groups in total. The second kappa shape index (κ2) is 4.88. The van der Waals surface area contributed by atoms with Gasteiger partial charge in [-0.25, -0.2) is 4.99 Å². The molecule has 1 atom stereocenters. The predicted octanol–water partition coefficient (Wildman–Crippen LogP) is 1.88. The first-order valence-electron chi connectivity index (χ1n) is 6.75. The lowest BCUT2D eigenvalue weighted by Crippen LogP contribution is -2.40. The topological polar surface area (TPSA) is 120 Å². The number of benzene rings is 1. The first-order valence-corrected chi connectivity index (χ1v) is 6.75. The minimum Gasteiger partial charge on any atom is -0.384 e. The summed E-state index contributed by atoms with van der Waals surface area (Å²) in [6, 6.07) is 5.15. The molecular weight excluding hydrogens is 282 g/mol. The van der Waals surface area contributed by atoms with Crippen LogP contribution in [0.1, 0.15) is 17.7 Å². The predicted molar refractivity (Wildman–Crippen MR) is 84.4 cm³/mol. The molecule has 2 aromatic rings. The molecule has 22 heavy (non-hydrogen) atoms. The van der Waals surface area contributed by atoms with E-state index in [0.29, 0.717) is 34.3 Å². The van der Waals surface area contributed by atoms with Crippen LogP contribution in [-0.2, 0) is 5.54 Å². The van der Waals surface area contributed by atoms with E-state index >= 15 is 0 Å². The van der Waals surface area contributed by atoms with Gasteiger partial charge in [0.2, 0.25) is 0 Å². The molecule has 0 saturated carbocycles. The van der Waals surface area contributed by atoms with Gasteiger partial charge < -0.3 is 11.5 Å². The maximum Gasteiger partial charge on any atom is 0.280 e. The number of aliphatic imine (C=N–C) groups is 1. The summed E-state index contributed by atoms with van der Waals surface area (Å²) in [4.78, 5) is 19.4. The Hall–Kier alpha value is -2.80. The van der Waals surface area contributed by atoms with Gasteiger partial charge in [-0.3, -0.25) is 15.1 Å². The van der Waals surface area contributed by atoms with Crippen LogP contribution in [0.25, 0.3) is 10.8 Å². The number of nitro benzene ring substituents is 1. The molecular formula is C15H15N5O2. The molecule has 1 aromatic carbocycles. The van der Waals surface area contributed by atoms with E-state index in [2.05, 4.69) is 9.98 Å². The van der Waals surface area contributed by atoms with Gasteiger partial charge in [-0.05, 0) is 25.5 Å². The number of nitro groups is 1. The Morgan fingerprint density at radius 2 is 2.09 bits per heavy atom. The van der Waals surface area contributed by atoms with Crippen molar-refractivity contribution in [3.05, 3.63) is 57.7 Å². The summed E-state index contributed by atoms with van der Waals surface area (Å²) in [7, 11) is 0. The summed E-state index contributed by atoms with van der Waals surface area (Å²) in [5.74, 6) is 0.406. The zero-order chi connectivity index (χ0) is 15.9. The standard InChI is InChI=1S/C15H15N5O2/c1-9-2-3-11-10(13(9)20(21)22)5-7-18-14(11)15(17)6-4-12(16)19-8-15/h2-5,7-8H,6,16-17H2,1H3. The quantitative estimate of drug-likeness (QED) is 0.647. The molecule has 1 aliphatic rings. The van der Waals surface area contributed by atoms with Gasteiger partial charge in [0, 0.05) is 23.4 Å². The number of nitrogens with two attached hydrogens (primary N) is 2. The van der Waals surface area contributed by atoms with Crippen LogP contribution in [-0.4, -0.2) is 16.1 Å². The Labute approximate surface area is 126 Å². The minimum absolute atomic E-state index is 0.0764. The number of aryl methyl sites for hydroxylation is 1. The number of hydrogen-bond acceptors (Lipinski definition) is 6. The van der Waals surface area contributed by atoms with E-state index < -0.39 is 5.54 Å². The lowest BCUT2D eigenvalue weighted by atomic mass is 9.88. The molecule has 0 bridgehead atoms. The molecule has 0 radical (unpaired) electrons. The number of aromatic nitrogens is 1. The average molecular weight is 297 g/mol. The molecule has 3 rings (SSSR count). The molecule has 2 heterocycles. The number of rotatable bonds is 2. The summed E-state index contributed by atoms with van der Waals surface area (Å²) in [5, 5.41) is 12.5. The van der Waals surface area contributed by atoms with Crippen molar-refractivity contribution in [2.24, 2.45) is 16.5 Å². The number of fused-ring (bicyclic) bond motifs is 1. The van der Waals surface area contributed by atoms with Crippen molar-refractivity contribution in [3.8, 4) is 0 Å². The Kier molecular flexibility index (Phi) is 3.14. The zero-order valence-corrected chi connectivity index (χ0v) is 12.0. The number of nitrogens with zero attached hydrogens (tertiary/aromatic N) is 3. The van der Waals surface area contributed by atoms with Gasteiger partial charge in [-0.15, -0.1) is 0 Å². The van der Waals surface area contributed by atoms with Gasteiger partial charge in [0.05, 0.1) is 21.5 Å². The third-order valence-electron chi connectivity index (χ3n) is 3.84. The van der Waals surface area contributed by atoms with Crippen molar-refractivity contribution in [1.29, 1.82) is 0 Å². The first kappa shape index (κ1) is 14.2. The van der Waals surface area contributed by atoms with Crippen LogP contribution < -0.4 is 11.5 Å². The monoisotopic (exact) mass is 297 g/mol. The van der Waals surface area contributed by atoms with Gasteiger partial charge in [-0.2, -0.15) is 0 Å². The van der Waals surface area contributed by atoms with Crippen LogP contribution in [0.15, 0.2) is 41.3 Å². The van der Waals surface area contributed by atoms with Crippen molar-refractivity contribution in [2.75, 3.05) is 0 Å². The Morgan fingerprint density at radius 1 is 1.32 bits per heavy atom. The maximum absolute atomic E-state index is 11.3. The van der Waals surface area contributed by atoms with Crippen LogP contribution in [0.2, 0.25) is 0 Å². The third-order valence-corrected chi connectivity index (χ3v) is 3.84. The van der Waals surface area contributed by atoms with E-state index in [0.717, 1.165) is 0 Å². The molecule has 0 fully saturated rings. The molecule has 0 spiro atoms. The van der Waals surface area contributed by atoms with E-state index in [4.69, 9.17) is 11.5 Å². The van der Waals surface area contributed by atoms with E-state index in [1.807, 2.05) is 6.07 Å². The smallest absolute Gasteiger partial charge is 0.280 e. The van der Waals surface area contributed by atoms with Gasteiger partial charge >= 0.3 is 0 Å². The van der Waals surface area contributed by atoms with E-state index in [9.17, 15) is 10.1 Å². The molecule has 0 amide bonds. The maximum atomic E-state index is 11.3. The lowest BCUT2D eigenvalue weighted by molar-refractivity contribution is -0.383. The van der Waals surface area contributed by atoms with E-state index in [1.54, 1.807) is 31.3 Å². The number of hydrogen-bond donors (Lipinski definition) is 2. The SMILES string of the molecule is Cc1ccc2c(C3(N)C=NC(N)=CC3)nccc2c1[N+](=O)[O-]. The molecule has 7 nitrogen and oxygen atoms in total. The molecule has 1 aliphatic heterocycles. The van der Waals surface area contributed by atoms with Gasteiger partial charge in [-0.1, -0.05) is 12.1 Å². The van der Waals surface area contributed by atoms with Crippen molar-refractivity contribution < 1.29 is 4.92 Å². The van der Waals surface area contributed by atoms with Crippen LogP contribution in [0.5, 0.6) is 0 Å². The molecule has 0 aliphatic carbocycles. The molecule has 1 aromatic heterocycles. The summed E-state index contributed by atoms with van der Waals surface area (Å²) >= 11 is 0. The molecule has 112 valence electrons. The van der Waals surface area contributed by atoms with E-state index in [1.165, 1.54) is 6.20 Å². The fourth-order valence-electron chi connectivity index (χ4n) is 2.69. The highest BCUT2D eigenvalue weighted by Crippen LogP contribution is 2.34. The molecule has 7 heteroatoms. The van der Waals surface area contributed by atoms with E-state index in [-0.39, 0.29) is 10.6 Å². The molecule has 1 unspecified atom stereocenters. The Morgan fingerprint density at radius 3 is 2.73 bits per heavy atom. The third kappa shape index (κ3) is 2.11. The largest absolute Gasteiger partial charge is 0.384 e. The Balaban J connectivity index is 2.27. The van der Waals surface area contributed by atoms with Crippen LogP contribution in [0.3, 0.4) is 0 Å². The Bertz CT molecular complexity index is 843. The fourth-order valence-corrected chi connectivity index (χ4v) is 2.69. The van der Waals surface area contributed by atoms with Gasteiger partial charge in [0.15, 0.2) is 0 Å². The average Bonchev–Trinajstić information content (AvgIpc) is 2.49. The first-order chi connectivity index (χ1) is 10.4. The van der Waals surface area contributed by atoms with Gasteiger partial charge in [0.1, 0.15) is 5.82 Å². The van der Waals surface area contributed by atoms with Gasteiger partial charge in [0.25, 0.3) is 5.69 Å². The second-order valence-corrected chi connectivity index (χ2v) is 5.37. The van der Waals surface area contributed by atoms with Crippen LogP contribution in [0.4, 0.5) is 5.69 Å². The molecule has 0 saturated heterocycles. The zero-order valence-electron chi connectivity index (χ0n) is 12.0. The van der Waals surface area contributed by atoms with Crippen molar-refractivity contribution >= 4 is 22.7 Å². The minimum atomic E-state index is -0.925. The van der Waals surface area contributed by atoms with Crippen LogP contribution >= 0.6 is 0 Å². The normalized spacial score (nSPS) is 20.9. The summed E-state index contributed by atoms with van der Waals surface area (Å²) in [6.07, 6.45) is 5.25. The van der Waals surface area contributed by atoms with Crippen LogP contribution in [0, 0.1) is 17.0 Å². The highest BCUT2D eigenvalue weighted by atomic mass is 16.6. The lowest BCUT2D eigenvalue weighted by Gasteiger charge is -2.26. The van der Waals surface area contributed by atoms with Crippen molar-refractivity contribution in [3.63, 3.8) is 0 Å². The second-order valence-electron chi connectivity index (χ2n) is 5.37. The highest BCUT2D eigenvalue weighted by molar-refractivity contribution is 5.96. The number of pyridine rings is 1. The summed E-state index contributed by atoms with van der Waals surface area (Å²) < 4.78 is 0.